The average molecular weight is 336 g/mol. The van der Waals surface area contributed by atoms with Crippen LogP contribution in [-0.4, -0.2) is 37.1 Å². The quantitative estimate of drug-likeness (QED) is 0.594. The van der Waals surface area contributed by atoms with Crippen LogP contribution in [0.2, 0.25) is 0 Å². The highest BCUT2D eigenvalue weighted by molar-refractivity contribution is 5.95. The first kappa shape index (κ1) is 15.4. The van der Waals surface area contributed by atoms with E-state index < -0.39 is 5.67 Å². The molecule has 0 amide bonds. The van der Waals surface area contributed by atoms with E-state index in [2.05, 4.69) is 30.2 Å². The number of nitrogens with zero attached hydrogens (tertiary/aromatic N) is 4. The number of nitrogens with one attached hydrogen (secondary N) is 2. The molecule has 0 aliphatic carbocycles. The van der Waals surface area contributed by atoms with Crippen LogP contribution in [0.4, 0.5) is 10.3 Å². The van der Waals surface area contributed by atoms with E-state index in [1.807, 2.05) is 24.4 Å². The van der Waals surface area contributed by atoms with E-state index >= 15 is 0 Å². The van der Waals surface area contributed by atoms with Crippen molar-refractivity contribution in [2.75, 3.05) is 11.9 Å². The number of aromatic nitrogens is 5. The SMILES string of the molecule is CC(C)(F)CNc1ncc2c(-c3ccc4nccnc4c3)c[nH]c2n1. The summed E-state index contributed by atoms with van der Waals surface area (Å²) in [7, 11) is 0. The van der Waals surface area contributed by atoms with Crippen molar-refractivity contribution in [3.05, 3.63) is 43.0 Å². The molecule has 4 aromatic rings. The van der Waals surface area contributed by atoms with Crippen LogP contribution in [0.1, 0.15) is 13.8 Å². The Labute approximate surface area is 143 Å². The zero-order valence-corrected chi connectivity index (χ0v) is 13.9. The van der Waals surface area contributed by atoms with Gasteiger partial charge >= 0.3 is 0 Å². The minimum absolute atomic E-state index is 0.148. The number of rotatable bonds is 4. The van der Waals surface area contributed by atoms with Crippen molar-refractivity contribution in [3.8, 4) is 11.1 Å². The maximum atomic E-state index is 13.6. The predicted octanol–water partition coefficient (Wildman–Crippen LogP) is 3.73. The lowest BCUT2D eigenvalue weighted by Crippen LogP contribution is -2.25. The third-order valence-electron chi connectivity index (χ3n) is 3.88. The van der Waals surface area contributed by atoms with E-state index in [1.54, 1.807) is 18.6 Å². The topological polar surface area (TPSA) is 79.4 Å². The van der Waals surface area contributed by atoms with Crippen LogP contribution in [0.3, 0.4) is 0 Å². The van der Waals surface area contributed by atoms with Gasteiger partial charge in [0.2, 0.25) is 5.95 Å². The number of alkyl halides is 1. The summed E-state index contributed by atoms with van der Waals surface area (Å²) < 4.78 is 13.6. The van der Waals surface area contributed by atoms with Gasteiger partial charge in [0.25, 0.3) is 0 Å². The summed E-state index contributed by atoms with van der Waals surface area (Å²) in [5.41, 5.74) is 3.05. The molecule has 7 heteroatoms. The average Bonchev–Trinajstić information content (AvgIpc) is 3.02. The van der Waals surface area contributed by atoms with Crippen molar-refractivity contribution < 1.29 is 4.39 Å². The molecular formula is C18H17FN6. The Balaban J connectivity index is 1.70. The van der Waals surface area contributed by atoms with Crippen LogP contribution in [0.25, 0.3) is 33.2 Å². The normalized spacial score (nSPS) is 12.0. The van der Waals surface area contributed by atoms with Crippen molar-refractivity contribution in [1.82, 2.24) is 24.9 Å². The van der Waals surface area contributed by atoms with Crippen molar-refractivity contribution >= 4 is 28.0 Å². The summed E-state index contributed by atoms with van der Waals surface area (Å²) in [6.07, 6.45) is 6.98. The molecule has 0 atom stereocenters. The molecule has 0 unspecified atom stereocenters. The number of anilines is 1. The number of hydrogen-bond donors (Lipinski definition) is 2. The molecule has 0 fully saturated rings. The molecule has 0 saturated heterocycles. The molecule has 4 rings (SSSR count). The molecule has 3 aromatic heterocycles. The fourth-order valence-corrected chi connectivity index (χ4v) is 2.65. The second-order valence-electron chi connectivity index (χ2n) is 6.49. The Kier molecular flexibility index (Phi) is 3.56. The molecular weight excluding hydrogens is 319 g/mol. The van der Waals surface area contributed by atoms with Crippen molar-refractivity contribution in [2.24, 2.45) is 0 Å². The summed E-state index contributed by atoms with van der Waals surface area (Å²) in [4.78, 5) is 20.5. The first-order valence-corrected chi connectivity index (χ1v) is 7.98. The molecule has 0 aliphatic heterocycles. The number of benzene rings is 1. The van der Waals surface area contributed by atoms with Gasteiger partial charge in [-0.3, -0.25) is 9.97 Å². The zero-order valence-electron chi connectivity index (χ0n) is 13.9. The number of aromatic amines is 1. The minimum Gasteiger partial charge on any atom is -0.351 e. The number of halogens is 1. The summed E-state index contributed by atoms with van der Waals surface area (Å²) in [5.74, 6) is 0.399. The molecule has 0 aliphatic rings. The summed E-state index contributed by atoms with van der Waals surface area (Å²) >= 11 is 0. The monoisotopic (exact) mass is 336 g/mol. The Bertz CT molecular complexity index is 1050. The molecule has 6 nitrogen and oxygen atoms in total. The maximum absolute atomic E-state index is 13.6. The molecule has 1 aromatic carbocycles. The Morgan fingerprint density at radius 2 is 1.92 bits per heavy atom. The molecule has 0 saturated carbocycles. The van der Waals surface area contributed by atoms with Crippen LogP contribution in [0.15, 0.2) is 43.0 Å². The second-order valence-corrected chi connectivity index (χ2v) is 6.49. The third kappa shape index (κ3) is 3.13. The van der Waals surface area contributed by atoms with Crippen LogP contribution < -0.4 is 5.32 Å². The molecule has 25 heavy (non-hydrogen) atoms. The van der Waals surface area contributed by atoms with Crippen LogP contribution in [-0.2, 0) is 0 Å². The molecule has 2 N–H and O–H groups in total. The number of H-pyrrole nitrogens is 1. The maximum Gasteiger partial charge on any atom is 0.224 e. The third-order valence-corrected chi connectivity index (χ3v) is 3.88. The van der Waals surface area contributed by atoms with E-state index in [0.717, 1.165) is 27.5 Å². The Morgan fingerprint density at radius 1 is 1.12 bits per heavy atom. The highest BCUT2D eigenvalue weighted by atomic mass is 19.1. The van der Waals surface area contributed by atoms with Crippen molar-refractivity contribution in [3.63, 3.8) is 0 Å². The van der Waals surface area contributed by atoms with E-state index in [9.17, 15) is 4.39 Å². The smallest absolute Gasteiger partial charge is 0.224 e. The first-order chi connectivity index (χ1) is 12.0. The fourth-order valence-electron chi connectivity index (χ4n) is 2.65. The number of hydrogen-bond acceptors (Lipinski definition) is 5. The van der Waals surface area contributed by atoms with Crippen molar-refractivity contribution in [2.45, 2.75) is 19.5 Å². The lowest BCUT2D eigenvalue weighted by molar-refractivity contribution is 0.234. The van der Waals surface area contributed by atoms with Gasteiger partial charge < -0.3 is 10.3 Å². The van der Waals surface area contributed by atoms with Gasteiger partial charge in [0.05, 0.1) is 17.6 Å². The van der Waals surface area contributed by atoms with Crippen LogP contribution in [0, 0.1) is 0 Å². The van der Waals surface area contributed by atoms with Crippen molar-refractivity contribution in [1.29, 1.82) is 0 Å². The summed E-state index contributed by atoms with van der Waals surface area (Å²) in [6.45, 7) is 3.16. The lowest BCUT2D eigenvalue weighted by Gasteiger charge is -2.14. The van der Waals surface area contributed by atoms with E-state index in [-0.39, 0.29) is 6.54 Å². The van der Waals surface area contributed by atoms with Gasteiger partial charge in [0.1, 0.15) is 11.3 Å². The molecule has 0 radical (unpaired) electrons. The molecule has 126 valence electrons. The summed E-state index contributed by atoms with van der Waals surface area (Å²) in [5, 5.41) is 3.81. The van der Waals surface area contributed by atoms with E-state index in [4.69, 9.17) is 0 Å². The molecule has 3 heterocycles. The predicted molar refractivity (Wildman–Crippen MR) is 96.1 cm³/mol. The second kappa shape index (κ2) is 5.77. The van der Waals surface area contributed by atoms with Gasteiger partial charge in [0, 0.05) is 35.7 Å². The highest BCUT2D eigenvalue weighted by Gasteiger charge is 2.16. The lowest BCUT2D eigenvalue weighted by atomic mass is 10.1. The van der Waals surface area contributed by atoms with Gasteiger partial charge in [0.15, 0.2) is 0 Å². The standard InChI is InChI=1S/C18H17FN6/c1-18(2,19)10-24-17-23-9-13-12(8-22-16(13)25-17)11-3-4-14-15(7-11)21-6-5-20-14/h3-9H,10H2,1-2H3,(H2,22,23,24,25). The van der Waals surface area contributed by atoms with Gasteiger partial charge in [-0.25, -0.2) is 9.37 Å². The highest BCUT2D eigenvalue weighted by Crippen LogP contribution is 2.29. The van der Waals surface area contributed by atoms with Crippen LogP contribution >= 0.6 is 0 Å². The largest absolute Gasteiger partial charge is 0.351 e. The van der Waals surface area contributed by atoms with E-state index in [0.29, 0.717) is 11.6 Å². The number of fused-ring (bicyclic) bond motifs is 2. The molecule has 0 spiro atoms. The van der Waals surface area contributed by atoms with Crippen LogP contribution in [0.5, 0.6) is 0 Å². The van der Waals surface area contributed by atoms with Gasteiger partial charge in [-0.2, -0.15) is 4.98 Å². The fraction of sp³-hybridized carbons (Fsp3) is 0.222. The molecule has 0 bridgehead atoms. The summed E-state index contributed by atoms with van der Waals surface area (Å²) in [6, 6.07) is 5.93. The van der Waals surface area contributed by atoms with Gasteiger partial charge in [-0.15, -0.1) is 0 Å². The van der Waals surface area contributed by atoms with E-state index in [1.165, 1.54) is 13.8 Å². The zero-order chi connectivity index (χ0) is 17.4. The Morgan fingerprint density at radius 3 is 2.72 bits per heavy atom. The van der Waals surface area contributed by atoms with Gasteiger partial charge in [-0.05, 0) is 31.5 Å². The van der Waals surface area contributed by atoms with Gasteiger partial charge in [-0.1, -0.05) is 6.07 Å². The Hall–Kier alpha value is -3.09. The first-order valence-electron chi connectivity index (χ1n) is 7.98. The minimum atomic E-state index is -1.33.